The molecule has 2 heterocycles. The van der Waals surface area contributed by atoms with Crippen LogP contribution in [-0.2, 0) is 9.59 Å². The van der Waals surface area contributed by atoms with E-state index in [0.717, 1.165) is 0 Å². The van der Waals surface area contributed by atoms with Gasteiger partial charge in [0.25, 0.3) is 0 Å². The Morgan fingerprint density at radius 3 is 3.00 bits per heavy atom. The highest BCUT2D eigenvalue weighted by Crippen LogP contribution is 2.25. The van der Waals surface area contributed by atoms with Gasteiger partial charge >= 0.3 is 0 Å². The molecule has 17 heavy (non-hydrogen) atoms. The fourth-order valence-corrected chi connectivity index (χ4v) is 1.79. The minimum atomic E-state index is -0.455. The summed E-state index contributed by atoms with van der Waals surface area (Å²) in [7, 11) is 1.54. The van der Waals surface area contributed by atoms with E-state index in [9.17, 15) is 9.59 Å². The summed E-state index contributed by atoms with van der Waals surface area (Å²) in [6, 6.07) is 3.34. The highest BCUT2D eigenvalue weighted by molar-refractivity contribution is 5.99. The SMILES string of the molecule is COc1ccnc(N2CC(C(N)=O)CC2=O)c1. The van der Waals surface area contributed by atoms with Gasteiger partial charge in [0.1, 0.15) is 11.6 Å². The Kier molecular flexibility index (Phi) is 2.95. The molecule has 1 aliphatic rings. The number of ether oxygens (including phenoxy) is 1. The zero-order valence-electron chi connectivity index (χ0n) is 9.42. The molecule has 1 aromatic rings. The van der Waals surface area contributed by atoms with Gasteiger partial charge in [0.15, 0.2) is 0 Å². The van der Waals surface area contributed by atoms with Crippen molar-refractivity contribution in [3.05, 3.63) is 18.3 Å². The second kappa shape index (κ2) is 4.40. The van der Waals surface area contributed by atoms with E-state index >= 15 is 0 Å². The van der Waals surface area contributed by atoms with Gasteiger partial charge < -0.3 is 10.5 Å². The Morgan fingerprint density at radius 2 is 2.41 bits per heavy atom. The van der Waals surface area contributed by atoms with Crippen molar-refractivity contribution < 1.29 is 14.3 Å². The zero-order chi connectivity index (χ0) is 12.4. The summed E-state index contributed by atoms with van der Waals surface area (Å²) in [5.41, 5.74) is 5.19. The molecule has 6 heteroatoms. The number of methoxy groups -OCH3 is 1. The monoisotopic (exact) mass is 235 g/mol. The molecule has 90 valence electrons. The number of anilines is 1. The van der Waals surface area contributed by atoms with Crippen molar-refractivity contribution >= 4 is 17.6 Å². The van der Waals surface area contributed by atoms with Gasteiger partial charge in [0.2, 0.25) is 11.8 Å². The molecule has 1 saturated heterocycles. The Hall–Kier alpha value is -2.11. The summed E-state index contributed by atoms with van der Waals surface area (Å²) >= 11 is 0. The van der Waals surface area contributed by atoms with E-state index in [1.165, 1.54) is 12.0 Å². The second-order valence-corrected chi connectivity index (χ2v) is 3.86. The maximum absolute atomic E-state index is 11.7. The molecular weight excluding hydrogens is 222 g/mol. The topological polar surface area (TPSA) is 85.5 Å². The average molecular weight is 235 g/mol. The molecule has 6 nitrogen and oxygen atoms in total. The van der Waals surface area contributed by atoms with Crippen molar-refractivity contribution in [1.82, 2.24) is 4.98 Å². The molecule has 0 spiro atoms. The van der Waals surface area contributed by atoms with Gasteiger partial charge in [-0.15, -0.1) is 0 Å². The van der Waals surface area contributed by atoms with Gasteiger partial charge in [-0.05, 0) is 6.07 Å². The van der Waals surface area contributed by atoms with E-state index in [-0.39, 0.29) is 18.9 Å². The molecule has 0 saturated carbocycles. The van der Waals surface area contributed by atoms with E-state index in [4.69, 9.17) is 10.5 Å². The molecule has 2 rings (SSSR count). The van der Waals surface area contributed by atoms with Crippen LogP contribution in [-0.4, -0.2) is 30.5 Å². The lowest BCUT2D eigenvalue weighted by Crippen LogP contribution is -2.28. The molecule has 1 unspecified atom stereocenters. The smallest absolute Gasteiger partial charge is 0.229 e. The first kappa shape index (κ1) is 11.4. The highest BCUT2D eigenvalue weighted by atomic mass is 16.5. The van der Waals surface area contributed by atoms with Crippen LogP contribution in [0.4, 0.5) is 5.82 Å². The van der Waals surface area contributed by atoms with E-state index < -0.39 is 11.8 Å². The Balaban J connectivity index is 2.22. The van der Waals surface area contributed by atoms with Crippen molar-refractivity contribution in [3.8, 4) is 5.75 Å². The molecule has 0 bridgehead atoms. The molecule has 1 aromatic heterocycles. The van der Waals surface area contributed by atoms with Gasteiger partial charge in [-0.25, -0.2) is 4.98 Å². The maximum Gasteiger partial charge on any atom is 0.229 e. The number of pyridine rings is 1. The summed E-state index contributed by atoms with van der Waals surface area (Å²) in [6.07, 6.45) is 1.70. The van der Waals surface area contributed by atoms with Crippen LogP contribution in [0.15, 0.2) is 18.3 Å². The molecule has 2 N–H and O–H groups in total. The lowest BCUT2D eigenvalue weighted by Gasteiger charge is -2.15. The summed E-state index contributed by atoms with van der Waals surface area (Å²) in [5.74, 6) is 0.0669. The Labute approximate surface area is 98.4 Å². The van der Waals surface area contributed by atoms with Crippen molar-refractivity contribution in [2.45, 2.75) is 6.42 Å². The highest BCUT2D eigenvalue weighted by Gasteiger charge is 2.34. The summed E-state index contributed by atoms with van der Waals surface area (Å²) in [4.78, 5) is 28.3. The van der Waals surface area contributed by atoms with Crippen LogP contribution in [0.5, 0.6) is 5.75 Å². The number of carbonyl (C=O) groups excluding carboxylic acids is 2. The fraction of sp³-hybridized carbons (Fsp3) is 0.364. The number of carbonyl (C=O) groups is 2. The van der Waals surface area contributed by atoms with E-state index in [2.05, 4.69) is 4.98 Å². The minimum absolute atomic E-state index is 0.144. The first-order valence-electron chi connectivity index (χ1n) is 5.21. The number of nitrogens with two attached hydrogens (primary N) is 1. The molecule has 1 fully saturated rings. The van der Waals surface area contributed by atoms with E-state index in [0.29, 0.717) is 11.6 Å². The maximum atomic E-state index is 11.7. The quantitative estimate of drug-likeness (QED) is 0.794. The lowest BCUT2D eigenvalue weighted by molar-refractivity contribution is -0.123. The number of primary amides is 1. The van der Waals surface area contributed by atoms with Crippen LogP contribution >= 0.6 is 0 Å². The van der Waals surface area contributed by atoms with Crippen LogP contribution in [0.2, 0.25) is 0 Å². The van der Waals surface area contributed by atoms with Crippen LogP contribution in [0.3, 0.4) is 0 Å². The first-order valence-corrected chi connectivity index (χ1v) is 5.21. The molecule has 0 radical (unpaired) electrons. The zero-order valence-corrected chi connectivity index (χ0v) is 9.42. The first-order chi connectivity index (χ1) is 8.11. The standard InChI is InChI=1S/C11H13N3O3/c1-17-8-2-3-13-9(5-8)14-6-7(11(12)16)4-10(14)15/h2-3,5,7H,4,6H2,1H3,(H2,12,16). The van der Waals surface area contributed by atoms with Gasteiger partial charge in [-0.3, -0.25) is 14.5 Å². The number of hydrogen-bond donors (Lipinski definition) is 1. The van der Waals surface area contributed by atoms with Gasteiger partial charge in [-0.2, -0.15) is 0 Å². The Bertz CT molecular complexity index is 461. The number of amides is 2. The molecular formula is C11H13N3O3. The summed E-state index contributed by atoms with van der Waals surface area (Å²) in [5, 5.41) is 0. The third-order valence-electron chi connectivity index (χ3n) is 2.76. The third-order valence-corrected chi connectivity index (χ3v) is 2.76. The second-order valence-electron chi connectivity index (χ2n) is 3.86. The lowest BCUT2D eigenvalue weighted by atomic mass is 10.1. The molecule has 2 amide bonds. The van der Waals surface area contributed by atoms with E-state index in [1.807, 2.05) is 0 Å². The van der Waals surface area contributed by atoms with Crippen molar-refractivity contribution in [1.29, 1.82) is 0 Å². The van der Waals surface area contributed by atoms with Crippen molar-refractivity contribution in [2.24, 2.45) is 11.7 Å². The van der Waals surface area contributed by atoms with Crippen LogP contribution in [0.25, 0.3) is 0 Å². The number of aromatic nitrogens is 1. The van der Waals surface area contributed by atoms with Gasteiger partial charge in [-0.1, -0.05) is 0 Å². The van der Waals surface area contributed by atoms with Crippen molar-refractivity contribution in [2.75, 3.05) is 18.6 Å². The Morgan fingerprint density at radius 1 is 1.65 bits per heavy atom. The third kappa shape index (κ3) is 2.20. The van der Waals surface area contributed by atoms with Crippen LogP contribution < -0.4 is 15.4 Å². The average Bonchev–Trinajstić information content (AvgIpc) is 2.72. The number of rotatable bonds is 3. The number of hydrogen-bond acceptors (Lipinski definition) is 4. The van der Waals surface area contributed by atoms with Crippen molar-refractivity contribution in [3.63, 3.8) is 0 Å². The molecule has 1 atom stereocenters. The van der Waals surface area contributed by atoms with Crippen LogP contribution in [0.1, 0.15) is 6.42 Å². The normalized spacial score (nSPS) is 19.5. The summed E-state index contributed by atoms with van der Waals surface area (Å²) in [6.45, 7) is 0.286. The van der Waals surface area contributed by atoms with Gasteiger partial charge in [0, 0.05) is 25.2 Å². The van der Waals surface area contributed by atoms with Crippen LogP contribution in [0, 0.1) is 5.92 Å². The fourth-order valence-electron chi connectivity index (χ4n) is 1.79. The summed E-state index contributed by atoms with van der Waals surface area (Å²) < 4.78 is 5.05. The predicted octanol–water partition coefficient (Wildman–Crippen LogP) is -0.0716. The largest absolute Gasteiger partial charge is 0.497 e. The van der Waals surface area contributed by atoms with E-state index in [1.54, 1.807) is 18.3 Å². The minimum Gasteiger partial charge on any atom is -0.497 e. The molecule has 0 aliphatic carbocycles. The molecule has 1 aliphatic heterocycles. The van der Waals surface area contributed by atoms with Gasteiger partial charge in [0.05, 0.1) is 13.0 Å². The number of nitrogens with zero attached hydrogens (tertiary/aromatic N) is 2. The molecule has 0 aromatic carbocycles. The predicted molar refractivity (Wildman–Crippen MR) is 60.4 cm³/mol.